The Bertz CT molecular complexity index is 386. The van der Waals surface area contributed by atoms with Crippen molar-refractivity contribution < 1.29 is 0 Å². The molecular formula is C13H19N3S. The first-order chi connectivity index (χ1) is 8.27. The Balaban J connectivity index is 1.96. The highest BCUT2D eigenvalue weighted by Crippen LogP contribution is 2.24. The molecule has 1 aliphatic rings. The number of pyridine rings is 1. The number of nitrogens with two attached hydrogens (primary N) is 1. The third-order valence-electron chi connectivity index (χ3n) is 3.39. The Kier molecular flexibility index (Phi) is 4.31. The van der Waals surface area contributed by atoms with E-state index in [2.05, 4.69) is 10.3 Å². The van der Waals surface area contributed by atoms with Gasteiger partial charge in [0.2, 0.25) is 0 Å². The molecule has 92 valence electrons. The maximum absolute atomic E-state index is 5.69. The van der Waals surface area contributed by atoms with Crippen molar-refractivity contribution in [3.63, 3.8) is 0 Å². The quantitative estimate of drug-likeness (QED) is 0.806. The first-order valence-electron chi connectivity index (χ1n) is 6.25. The lowest BCUT2D eigenvalue weighted by Crippen LogP contribution is -2.19. The summed E-state index contributed by atoms with van der Waals surface area (Å²) < 4.78 is 0. The van der Waals surface area contributed by atoms with Gasteiger partial charge in [0.05, 0.1) is 11.9 Å². The van der Waals surface area contributed by atoms with Crippen molar-refractivity contribution in [2.75, 3.05) is 11.9 Å². The van der Waals surface area contributed by atoms with E-state index in [9.17, 15) is 0 Å². The summed E-state index contributed by atoms with van der Waals surface area (Å²) in [6, 6.07) is 1.87. The molecule has 0 aromatic carbocycles. The first-order valence-corrected chi connectivity index (χ1v) is 6.66. The molecule has 1 aromatic heterocycles. The molecule has 0 atom stereocenters. The van der Waals surface area contributed by atoms with Crippen molar-refractivity contribution in [1.29, 1.82) is 0 Å². The highest BCUT2D eigenvalue weighted by molar-refractivity contribution is 7.80. The van der Waals surface area contributed by atoms with Gasteiger partial charge in [0, 0.05) is 18.3 Å². The summed E-state index contributed by atoms with van der Waals surface area (Å²) in [4.78, 5) is 4.54. The van der Waals surface area contributed by atoms with Gasteiger partial charge in [0.1, 0.15) is 4.99 Å². The van der Waals surface area contributed by atoms with E-state index in [-0.39, 0.29) is 0 Å². The van der Waals surface area contributed by atoms with E-state index in [1.165, 1.54) is 32.1 Å². The van der Waals surface area contributed by atoms with Crippen LogP contribution in [-0.4, -0.2) is 16.5 Å². The Morgan fingerprint density at radius 2 is 2.18 bits per heavy atom. The molecule has 2 rings (SSSR count). The molecule has 0 amide bonds. The molecule has 3 N–H and O–H groups in total. The lowest BCUT2D eigenvalue weighted by atomic mass is 9.89. The highest BCUT2D eigenvalue weighted by Gasteiger charge is 2.13. The van der Waals surface area contributed by atoms with E-state index >= 15 is 0 Å². The molecule has 0 saturated heterocycles. The summed E-state index contributed by atoms with van der Waals surface area (Å²) in [5, 5.41) is 3.43. The van der Waals surface area contributed by atoms with Crippen molar-refractivity contribution in [3.8, 4) is 0 Å². The molecule has 17 heavy (non-hydrogen) atoms. The molecule has 0 radical (unpaired) electrons. The minimum Gasteiger partial charge on any atom is -0.389 e. The molecule has 0 spiro atoms. The number of aromatic nitrogens is 1. The topological polar surface area (TPSA) is 50.9 Å². The van der Waals surface area contributed by atoms with Gasteiger partial charge in [-0.3, -0.25) is 4.98 Å². The predicted molar refractivity (Wildman–Crippen MR) is 75.2 cm³/mol. The molecule has 1 aliphatic carbocycles. The first kappa shape index (κ1) is 12.3. The van der Waals surface area contributed by atoms with E-state index in [1.807, 2.05) is 6.07 Å². The Hall–Kier alpha value is -1.16. The van der Waals surface area contributed by atoms with Crippen LogP contribution >= 0.6 is 12.2 Å². The van der Waals surface area contributed by atoms with Crippen molar-refractivity contribution in [2.24, 2.45) is 11.7 Å². The standard InChI is InChI=1S/C13H19N3S/c14-13(17)11-6-7-15-9-12(11)16-8-10-4-2-1-3-5-10/h6-7,9-10,16H,1-5,8H2,(H2,14,17). The van der Waals surface area contributed by atoms with Crippen LogP contribution in [0.1, 0.15) is 37.7 Å². The van der Waals surface area contributed by atoms with Crippen molar-refractivity contribution in [1.82, 2.24) is 4.98 Å². The zero-order chi connectivity index (χ0) is 12.1. The smallest absolute Gasteiger partial charge is 0.106 e. The number of anilines is 1. The van der Waals surface area contributed by atoms with Gasteiger partial charge >= 0.3 is 0 Å². The second kappa shape index (κ2) is 5.96. The summed E-state index contributed by atoms with van der Waals surface area (Å²) in [5.74, 6) is 0.781. The van der Waals surface area contributed by atoms with Crippen LogP contribution in [0, 0.1) is 5.92 Å². The maximum atomic E-state index is 5.69. The number of thiocarbonyl (C=S) groups is 1. The molecule has 0 aliphatic heterocycles. The predicted octanol–water partition coefficient (Wildman–Crippen LogP) is 2.71. The van der Waals surface area contributed by atoms with Gasteiger partial charge < -0.3 is 11.1 Å². The second-order valence-corrected chi connectivity index (χ2v) is 5.11. The summed E-state index contributed by atoms with van der Waals surface area (Å²) >= 11 is 5.03. The van der Waals surface area contributed by atoms with Crippen LogP contribution in [0.25, 0.3) is 0 Å². The molecule has 1 saturated carbocycles. The Labute approximate surface area is 108 Å². The van der Waals surface area contributed by atoms with E-state index in [0.717, 1.165) is 23.7 Å². The zero-order valence-corrected chi connectivity index (χ0v) is 10.8. The Morgan fingerprint density at radius 3 is 2.88 bits per heavy atom. The van der Waals surface area contributed by atoms with Crippen molar-refractivity contribution in [3.05, 3.63) is 24.0 Å². The zero-order valence-electron chi connectivity index (χ0n) is 9.98. The third-order valence-corrected chi connectivity index (χ3v) is 3.61. The largest absolute Gasteiger partial charge is 0.389 e. The van der Waals surface area contributed by atoms with Crippen molar-refractivity contribution >= 4 is 22.9 Å². The fourth-order valence-corrected chi connectivity index (χ4v) is 2.57. The van der Waals surface area contributed by atoms with Gasteiger partial charge in [-0.25, -0.2) is 0 Å². The van der Waals surface area contributed by atoms with Gasteiger partial charge in [0.15, 0.2) is 0 Å². The lowest BCUT2D eigenvalue weighted by Gasteiger charge is -2.22. The summed E-state index contributed by atoms with van der Waals surface area (Å²) in [6.07, 6.45) is 10.3. The molecular weight excluding hydrogens is 230 g/mol. The summed E-state index contributed by atoms with van der Waals surface area (Å²) in [5.41, 5.74) is 7.54. The van der Waals surface area contributed by atoms with Gasteiger partial charge in [-0.15, -0.1) is 0 Å². The van der Waals surface area contributed by atoms with Crippen molar-refractivity contribution in [2.45, 2.75) is 32.1 Å². The minimum absolute atomic E-state index is 0.429. The molecule has 1 aromatic rings. The van der Waals surface area contributed by atoms with Crippen LogP contribution in [0.5, 0.6) is 0 Å². The average Bonchev–Trinajstić information content (AvgIpc) is 2.38. The molecule has 4 heteroatoms. The molecule has 0 unspecified atom stereocenters. The molecule has 3 nitrogen and oxygen atoms in total. The van der Waals surface area contributed by atoms with Gasteiger partial charge in [-0.2, -0.15) is 0 Å². The van der Waals surface area contributed by atoms with E-state index in [4.69, 9.17) is 18.0 Å². The number of rotatable bonds is 4. The second-order valence-electron chi connectivity index (χ2n) is 4.67. The maximum Gasteiger partial charge on any atom is 0.106 e. The van der Waals surface area contributed by atoms with Crippen LogP contribution in [0.4, 0.5) is 5.69 Å². The molecule has 0 bridgehead atoms. The number of hydrogen-bond acceptors (Lipinski definition) is 3. The van der Waals surface area contributed by atoms with E-state index < -0.39 is 0 Å². The summed E-state index contributed by atoms with van der Waals surface area (Å²) in [6.45, 7) is 1.00. The van der Waals surface area contributed by atoms with E-state index in [0.29, 0.717) is 4.99 Å². The van der Waals surface area contributed by atoms with Crippen LogP contribution < -0.4 is 11.1 Å². The van der Waals surface area contributed by atoms with Gasteiger partial charge in [0.25, 0.3) is 0 Å². The molecule has 1 heterocycles. The fourth-order valence-electron chi connectivity index (χ4n) is 2.40. The third kappa shape index (κ3) is 3.40. The van der Waals surface area contributed by atoms with Crippen LogP contribution in [0.15, 0.2) is 18.5 Å². The number of nitrogens with one attached hydrogen (secondary N) is 1. The SMILES string of the molecule is NC(=S)c1ccncc1NCC1CCCCC1. The highest BCUT2D eigenvalue weighted by atomic mass is 32.1. The Morgan fingerprint density at radius 1 is 1.41 bits per heavy atom. The average molecular weight is 249 g/mol. The molecule has 1 fully saturated rings. The van der Waals surface area contributed by atoms with Gasteiger partial charge in [-0.1, -0.05) is 31.5 Å². The fraction of sp³-hybridized carbons (Fsp3) is 0.538. The monoisotopic (exact) mass is 249 g/mol. The minimum atomic E-state index is 0.429. The van der Waals surface area contributed by atoms with Crippen LogP contribution in [-0.2, 0) is 0 Å². The lowest BCUT2D eigenvalue weighted by molar-refractivity contribution is 0.373. The normalized spacial score (nSPS) is 16.7. The van der Waals surface area contributed by atoms with Crippen LogP contribution in [0.3, 0.4) is 0 Å². The van der Waals surface area contributed by atoms with Crippen LogP contribution in [0.2, 0.25) is 0 Å². The number of hydrogen-bond donors (Lipinski definition) is 2. The van der Waals surface area contributed by atoms with E-state index in [1.54, 1.807) is 12.4 Å². The number of nitrogens with zero attached hydrogens (tertiary/aromatic N) is 1. The summed E-state index contributed by atoms with van der Waals surface area (Å²) in [7, 11) is 0. The van der Waals surface area contributed by atoms with Gasteiger partial charge in [-0.05, 0) is 24.8 Å².